The average Bonchev–Trinajstić information content (AvgIpc) is 1.52. The highest BCUT2D eigenvalue weighted by atomic mass is 35.9. The second-order valence-corrected chi connectivity index (χ2v) is 12.5. The quantitative estimate of drug-likeness (QED) is 0.424. The fourth-order valence-corrected chi connectivity index (χ4v) is 5.78. The molecule has 0 spiro atoms. The Morgan fingerprint density at radius 2 is 1.50 bits per heavy atom. The maximum Gasteiger partial charge on any atom is 0.385 e. The minimum absolute atomic E-state index is 2.22. The lowest BCUT2D eigenvalue weighted by Crippen LogP contribution is -1.93. The van der Waals surface area contributed by atoms with Crippen LogP contribution in [0.15, 0.2) is 4.52 Å². The van der Waals surface area contributed by atoms with Gasteiger partial charge in [0.15, 0.2) is 5.76 Å². The van der Waals surface area contributed by atoms with Crippen LogP contribution in [0.25, 0.3) is 0 Å². The summed E-state index contributed by atoms with van der Waals surface area (Å²) in [6.45, 7) is -4.89. The fourth-order valence-electron chi connectivity index (χ4n) is 0.181. The maximum absolute atomic E-state index is 12.2. The van der Waals surface area contributed by atoms with Gasteiger partial charge in [-0.3, -0.25) is 0 Å². The third-order valence-corrected chi connectivity index (χ3v) is 10.0. The van der Waals surface area contributed by atoms with Crippen LogP contribution in [0, 0.1) is 0 Å². The van der Waals surface area contributed by atoms with Crippen molar-refractivity contribution in [1.29, 1.82) is 0 Å². The first-order chi connectivity index (χ1) is 4.96. The number of alkyl halides is 3. The van der Waals surface area contributed by atoms with E-state index in [1.807, 2.05) is 0 Å². The van der Waals surface area contributed by atoms with E-state index in [0.29, 0.717) is 0 Å². The van der Waals surface area contributed by atoms with Crippen LogP contribution in [0.4, 0.5) is 8.39 Å². The van der Waals surface area contributed by atoms with Gasteiger partial charge in [0.1, 0.15) is 0 Å². The smallest absolute Gasteiger partial charge is 0.179 e. The lowest BCUT2D eigenvalue weighted by Gasteiger charge is -2.17. The molecular formula is CCl5F2NP2S. The number of hydrogen-bond donors (Lipinski definition) is 0. The molecular weight excluding hydrogens is 335 g/mol. The zero-order chi connectivity index (χ0) is 10.2. The third kappa shape index (κ3) is 5.17. The molecule has 0 saturated carbocycles. The third-order valence-electron chi connectivity index (χ3n) is 0.522. The lowest BCUT2D eigenvalue weighted by molar-refractivity contribution is 0.744. The Labute approximate surface area is 97.6 Å². The van der Waals surface area contributed by atoms with Crippen molar-refractivity contribution in [3.8, 4) is 0 Å². The van der Waals surface area contributed by atoms with Crippen molar-refractivity contribution >= 4 is 81.7 Å². The van der Waals surface area contributed by atoms with Crippen LogP contribution < -0.4 is 0 Å². The van der Waals surface area contributed by atoms with Gasteiger partial charge in [0, 0.05) is 0 Å². The fraction of sp³-hybridized carbons (Fsp3) is 1.00. The van der Waals surface area contributed by atoms with Crippen LogP contribution in [0.1, 0.15) is 0 Å². The lowest BCUT2D eigenvalue weighted by atomic mass is 11.8. The van der Waals surface area contributed by atoms with Crippen molar-refractivity contribution in [1.82, 2.24) is 0 Å². The molecule has 0 heterocycles. The van der Waals surface area contributed by atoms with Gasteiger partial charge < -0.3 is 0 Å². The topological polar surface area (TPSA) is 12.4 Å². The molecule has 0 amide bonds. The van der Waals surface area contributed by atoms with Crippen molar-refractivity contribution in [3.05, 3.63) is 0 Å². The second-order valence-electron chi connectivity index (χ2n) is 1.48. The van der Waals surface area contributed by atoms with E-state index in [2.05, 4.69) is 16.3 Å². The van der Waals surface area contributed by atoms with Crippen molar-refractivity contribution in [2.75, 3.05) is 0 Å². The van der Waals surface area contributed by atoms with E-state index in [0.717, 1.165) is 0 Å². The Balaban J connectivity index is 5.13. The summed E-state index contributed by atoms with van der Waals surface area (Å²) >= 11 is 29.9. The van der Waals surface area contributed by atoms with Gasteiger partial charge in [-0.15, -0.1) is 0 Å². The molecule has 0 aromatic carbocycles. The van der Waals surface area contributed by atoms with Gasteiger partial charge in [0.25, 0.3) is 3.53 Å². The molecule has 0 N–H and O–H groups in total. The molecule has 0 radical (unpaired) electrons. The molecule has 11 heteroatoms. The van der Waals surface area contributed by atoms with Gasteiger partial charge in [-0.05, 0) is 11.8 Å². The van der Waals surface area contributed by atoms with Crippen LogP contribution in [0.3, 0.4) is 0 Å². The molecule has 0 unspecified atom stereocenters. The van der Waals surface area contributed by atoms with Gasteiger partial charge in [0.05, 0.1) is 0 Å². The second kappa shape index (κ2) is 4.37. The summed E-state index contributed by atoms with van der Waals surface area (Å²) in [5.41, 5.74) is 0. The predicted octanol–water partition coefficient (Wildman–Crippen LogP) is 5.99. The molecule has 0 aromatic rings. The molecule has 74 valence electrons. The Kier molecular flexibility index (Phi) is 5.16. The highest BCUT2D eigenvalue weighted by molar-refractivity contribution is 8.19. The summed E-state index contributed by atoms with van der Waals surface area (Å²) in [6, 6.07) is 0. The monoisotopic (exact) mass is 333 g/mol. The Bertz CT molecular complexity index is 261. The zero-order valence-electron chi connectivity index (χ0n) is 4.90. The van der Waals surface area contributed by atoms with Crippen LogP contribution in [-0.4, -0.2) is 3.53 Å². The highest BCUT2D eigenvalue weighted by Gasteiger charge is 2.40. The van der Waals surface area contributed by atoms with Crippen molar-refractivity contribution in [2.24, 2.45) is 4.52 Å². The first-order valence-electron chi connectivity index (χ1n) is 2.05. The summed E-state index contributed by atoms with van der Waals surface area (Å²) in [7, 11) is 0. The molecule has 0 atom stereocenters. The van der Waals surface area contributed by atoms with Crippen molar-refractivity contribution in [3.63, 3.8) is 0 Å². The normalized spacial score (nSPS) is 14.6. The standard InChI is InChI=1S/CCl5F2NP2S/c2-1(3,4)10(5,6)9-11(7,8)12. The Morgan fingerprint density at radius 1 is 1.17 bits per heavy atom. The van der Waals surface area contributed by atoms with Gasteiger partial charge in [-0.1, -0.05) is 57.3 Å². The van der Waals surface area contributed by atoms with E-state index in [4.69, 9.17) is 57.3 Å². The summed E-state index contributed by atoms with van der Waals surface area (Å²) in [6.07, 6.45) is 0. The minimum Gasteiger partial charge on any atom is -0.179 e. The Morgan fingerprint density at radius 3 is 1.58 bits per heavy atom. The number of hydrogen-bond acceptors (Lipinski definition) is 1. The molecule has 0 aliphatic rings. The SMILES string of the molecule is FP(F)(=S)N=P(Cl)(Cl)C(Cl)(Cl)Cl. The predicted molar refractivity (Wildman–Crippen MR) is 57.8 cm³/mol. The summed E-state index contributed by atoms with van der Waals surface area (Å²) in [5, 5.41) is 0. The first kappa shape index (κ1) is 14.2. The van der Waals surface area contributed by atoms with Gasteiger partial charge in [-0.2, -0.15) is 12.9 Å². The molecule has 0 bridgehead atoms. The summed E-state index contributed by atoms with van der Waals surface area (Å²) in [5.74, 6) is -3.69. The molecule has 0 fully saturated rings. The minimum atomic E-state index is -4.89. The largest absolute Gasteiger partial charge is 0.385 e. The molecule has 0 aliphatic heterocycles. The van der Waals surface area contributed by atoms with Crippen molar-refractivity contribution < 1.29 is 8.39 Å². The van der Waals surface area contributed by atoms with E-state index < -0.39 is 16.1 Å². The molecule has 0 saturated heterocycles. The van der Waals surface area contributed by atoms with E-state index in [9.17, 15) is 8.39 Å². The molecule has 12 heavy (non-hydrogen) atoms. The van der Waals surface area contributed by atoms with E-state index in [1.54, 1.807) is 0 Å². The summed E-state index contributed by atoms with van der Waals surface area (Å²) < 4.78 is 24.8. The Hall–Kier alpha value is 2.19. The number of halogens is 7. The van der Waals surface area contributed by atoms with Crippen LogP contribution in [-0.2, 0) is 11.8 Å². The van der Waals surface area contributed by atoms with Crippen LogP contribution in [0.2, 0.25) is 0 Å². The van der Waals surface area contributed by atoms with E-state index in [-0.39, 0.29) is 0 Å². The molecule has 0 aromatic heterocycles. The molecule has 0 rings (SSSR count). The molecule has 1 nitrogen and oxygen atoms in total. The maximum atomic E-state index is 12.2. The molecule has 0 aliphatic carbocycles. The van der Waals surface area contributed by atoms with Gasteiger partial charge in [0.2, 0.25) is 0 Å². The number of rotatable bonds is 1. The van der Waals surface area contributed by atoms with Gasteiger partial charge >= 0.3 is 6.81 Å². The van der Waals surface area contributed by atoms with Gasteiger partial charge in [-0.25, -0.2) is 0 Å². The van der Waals surface area contributed by atoms with E-state index >= 15 is 0 Å². The first-order valence-corrected chi connectivity index (χ1v) is 9.27. The van der Waals surface area contributed by atoms with Crippen molar-refractivity contribution in [2.45, 2.75) is 3.53 Å². The highest BCUT2D eigenvalue weighted by Crippen LogP contribution is 2.79. The van der Waals surface area contributed by atoms with E-state index in [1.165, 1.54) is 0 Å². The van der Waals surface area contributed by atoms with Crippen LogP contribution in [0.5, 0.6) is 0 Å². The average molecular weight is 335 g/mol. The summed E-state index contributed by atoms with van der Waals surface area (Å²) in [4.78, 5) is 0. The number of nitrogens with zero attached hydrogens (tertiary/aromatic N) is 1. The zero-order valence-corrected chi connectivity index (χ0v) is 11.3. The van der Waals surface area contributed by atoms with Crippen LogP contribution >= 0.6 is 69.9 Å².